The van der Waals surface area contributed by atoms with Gasteiger partial charge in [0.05, 0.1) is 0 Å². The molecule has 1 aliphatic heterocycles. The molecule has 1 heterocycles. The predicted octanol–water partition coefficient (Wildman–Crippen LogP) is 5.78. The van der Waals surface area contributed by atoms with E-state index in [4.69, 9.17) is 27.9 Å². The molecule has 0 radical (unpaired) electrons. The molecular weight excluding hydrogens is 383 g/mol. The normalized spacial score (nSPS) is 19.4. The van der Waals surface area contributed by atoms with Crippen LogP contribution < -0.4 is 0 Å². The summed E-state index contributed by atoms with van der Waals surface area (Å²) in [5.74, 6) is -1.32. The van der Waals surface area contributed by atoms with Gasteiger partial charge in [-0.15, -0.1) is 0 Å². The van der Waals surface area contributed by atoms with Crippen molar-refractivity contribution in [2.75, 3.05) is 0 Å². The molecule has 0 amide bonds. The van der Waals surface area contributed by atoms with Crippen molar-refractivity contribution in [3.05, 3.63) is 57.6 Å². The second-order valence-electron chi connectivity index (χ2n) is 7.98. The van der Waals surface area contributed by atoms with Gasteiger partial charge in [0.15, 0.2) is 11.6 Å². The van der Waals surface area contributed by atoms with E-state index in [-0.39, 0.29) is 11.6 Å². The standard InChI is InChI=1S/C22H22Cl2O3/c1-12-6-7-13(15-9-8-14(23)11-17(15)24)10-16(12)18-19(25)21(2,3)27-22(4,5)20(18)26/h6-11,18H,1-5H3. The lowest BCUT2D eigenvalue weighted by Gasteiger charge is -2.43. The summed E-state index contributed by atoms with van der Waals surface area (Å²) in [7, 11) is 0. The van der Waals surface area contributed by atoms with Crippen LogP contribution in [-0.4, -0.2) is 22.8 Å². The highest BCUT2D eigenvalue weighted by Crippen LogP contribution is 2.41. The Kier molecular flexibility index (Phi) is 5.00. The minimum Gasteiger partial charge on any atom is -0.354 e. The van der Waals surface area contributed by atoms with Crippen molar-refractivity contribution in [2.45, 2.75) is 51.7 Å². The summed E-state index contributed by atoms with van der Waals surface area (Å²) >= 11 is 12.3. The van der Waals surface area contributed by atoms with Gasteiger partial charge in [-0.2, -0.15) is 0 Å². The Morgan fingerprint density at radius 2 is 1.48 bits per heavy atom. The van der Waals surface area contributed by atoms with E-state index in [0.717, 1.165) is 16.7 Å². The van der Waals surface area contributed by atoms with Crippen LogP contribution in [0.1, 0.15) is 44.7 Å². The smallest absolute Gasteiger partial charge is 0.179 e. The zero-order chi connectivity index (χ0) is 20.1. The lowest BCUT2D eigenvalue weighted by Crippen LogP contribution is -2.58. The van der Waals surface area contributed by atoms with Gasteiger partial charge >= 0.3 is 0 Å². The van der Waals surface area contributed by atoms with Crippen LogP contribution in [0.3, 0.4) is 0 Å². The SMILES string of the molecule is Cc1ccc(-c2ccc(Cl)cc2Cl)cc1C1C(=O)C(C)(C)OC(C)(C)C1=O. The zero-order valence-electron chi connectivity index (χ0n) is 16.0. The Labute approximate surface area is 169 Å². The number of rotatable bonds is 2. The Bertz CT molecular complexity index is 919. The van der Waals surface area contributed by atoms with Gasteiger partial charge in [0, 0.05) is 15.6 Å². The minimum absolute atomic E-state index is 0.228. The number of halogens is 2. The van der Waals surface area contributed by atoms with E-state index >= 15 is 0 Å². The fraction of sp³-hybridized carbons (Fsp3) is 0.364. The molecule has 5 heteroatoms. The summed E-state index contributed by atoms with van der Waals surface area (Å²) in [4.78, 5) is 26.1. The van der Waals surface area contributed by atoms with Crippen molar-refractivity contribution < 1.29 is 14.3 Å². The van der Waals surface area contributed by atoms with Crippen LogP contribution in [-0.2, 0) is 14.3 Å². The van der Waals surface area contributed by atoms with E-state index in [1.54, 1.807) is 39.8 Å². The summed E-state index contributed by atoms with van der Waals surface area (Å²) in [6, 6.07) is 11.0. The van der Waals surface area contributed by atoms with Crippen LogP contribution in [0.15, 0.2) is 36.4 Å². The van der Waals surface area contributed by atoms with E-state index in [1.165, 1.54) is 0 Å². The highest BCUT2D eigenvalue weighted by atomic mass is 35.5. The maximum absolute atomic E-state index is 13.1. The van der Waals surface area contributed by atoms with Crippen molar-refractivity contribution in [3.8, 4) is 11.1 Å². The lowest BCUT2D eigenvalue weighted by atomic mass is 9.73. The topological polar surface area (TPSA) is 43.4 Å². The number of aryl methyl sites for hydroxylation is 1. The molecule has 0 aromatic heterocycles. The number of hydrogen-bond donors (Lipinski definition) is 0. The summed E-state index contributed by atoms with van der Waals surface area (Å²) in [6.07, 6.45) is 0. The van der Waals surface area contributed by atoms with Crippen LogP contribution in [0.5, 0.6) is 0 Å². The lowest BCUT2D eigenvalue weighted by molar-refractivity contribution is -0.184. The number of hydrogen-bond acceptors (Lipinski definition) is 3. The Morgan fingerprint density at radius 1 is 0.889 bits per heavy atom. The van der Waals surface area contributed by atoms with Gasteiger partial charge in [-0.1, -0.05) is 41.4 Å². The third-order valence-electron chi connectivity index (χ3n) is 5.05. The molecule has 0 atom stereocenters. The first kappa shape index (κ1) is 20.1. The van der Waals surface area contributed by atoms with Crippen LogP contribution in [0, 0.1) is 6.92 Å². The molecule has 0 bridgehead atoms. The third-order valence-corrected chi connectivity index (χ3v) is 5.60. The van der Waals surface area contributed by atoms with Crippen LogP contribution in [0.2, 0.25) is 10.0 Å². The summed E-state index contributed by atoms with van der Waals surface area (Å²) < 4.78 is 5.79. The first-order valence-corrected chi connectivity index (χ1v) is 9.54. The van der Waals surface area contributed by atoms with Crippen LogP contribution in [0.25, 0.3) is 11.1 Å². The van der Waals surface area contributed by atoms with E-state index in [1.807, 2.05) is 31.2 Å². The Morgan fingerprint density at radius 3 is 2.04 bits per heavy atom. The maximum atomic E-state index is 13.1. The highest BCUT2D eigenvalue weighted by molar-refractivity contribution is 6.36. The van der Waals surface area contributed by atoms with Gasteiger partial charge in [0.25, 0.3) is 0 Å². The van der Waals surface area contributed by atoms with E-state index in [9.17, 15) is 9.59 Å². The molecule has 3 rings (SSSR count). The van der Waals surface area contributed by atoms with E-state index < -0.39 is 17.1 Å². The molecule has 1 aliphatic rings. The number of benzene rings is 2. The van der Waals surface area contributed by atoms with Crippen molar-refractivity contribution in [1.29, 1.82) is 0 Å². The summed E-state index contributed by atoms with van der Waals surface area (Å²) in [5, 5.41) is 1.07. The monoisotopic (exact) mass is 404 g/mol. The van der Waals surface area contributed by atoms with Crippen molar-refractivity contribution in [1.82, 2.24) is 0 Å². The average molecular weight is 405 g/mol. The Balaban J connectivity index is 2.16. The van der Waals surface area contributed by atoms with Crippen molar-refractivity contribution >= 4 is 34.8 Å². The molecule has 0 N–H and O–H groups in total. The van der Waals surface area contributed by atoms with Crippen molar-refractivity contribution in [2.24, 2.45) is 0 Å². The van der Waals surface area contributed by atoms with Gasteiger partial charge in [-0.25, -0.2) is 0 Å². The van der Waals surface area contributed by atoms with E-state index in [2.05, 4.69) is 0 Å². The molecule has 0 aliphatic carbocycles. The molecule has 3 nitrogen and oxygen atoms in total. The fourth-order valence-corrected chi connectivity index (χ4v) is 4.20. The first-order valence-electron chi connectivity index (χ1n) is 8.79. The number of carbonyl (C=O) groups excluding carboxylic acids is 2. The van der Waals surface area contributed by atoms with Gasteiger partial charge < -0.3 is 4.74 Å². The van der Waals surface area contributed by atoms with Gasteiger partial charge in [-0.05, 0) is 69.5 Å². The molecular formula is C22H22Cl2O3. The second kappa shape index (κ2) is 6.73. The number of carbonyl (C=O) groups is 2. The third kappa shape index (κ3) is 3.56. The second-order valence-corrected chi connectivity index (χ2v) is 8.82. The quantitative estimate of drug-likeness (QED) is 0.595. The van der Waals surface area contributed by atoms with Crippen LogP contribution in [0.4, 0.5) is 0 Å². The molecule has 2 aromatic rings. The number of ketones is 2. The van der Waals surface area contributed by atoms with Gasteiger partial charge in [-0.3, -0.25) is 9.59 Å². The minimum atomic E-state index is -1.04. The molecule has 2 aromatic carbocycles. The summed E-state index contributed by atoms with van der Waals surface area (Å²) in [5.41, 5.74) is 1.12. The van der Waals surface area contributed by atoms with Gasteiger partial charge in [0.1, 0.15) is 17.1 Å². The largest absolute Gasteiger partial charge is 0.354 e. The van der Waals surface area contributed by atoms with Gasteiger partial charge in [0.2, 0.25) is 0 Å². The molecule has 0 saturated carbocycles. The molecule has 142 valence electrons. The van der Waals surface area contributed by atoms with Crippen molar-refractivity contribution in [3.63, 3.8) is 0 Å². The maximum Gasteiger partial charge on any atom is 0.179 e. The first-order chi connectivity index (χ1) is 12.4. The number of ether oxygens (including phenoxy) is 1. The van der Waals surface area contributed by atoms with Crippen LogP contribution >= 0.6 is 23.2 Å². The highest BCUT2D eigenvalue weighted by Gasteiger charge is 2.53. The molecule has 0 unspecified atom stereocenters. The van der Waals surface area contributed by atoms with E-state index in [0.29, 0.717) is 15.6 Å². The fourth-order valence-electron chi connectivity index (χ4n) is 3.68. The number of Topliss-reactive ketones (excluding diaryl/α,β-unsaturated/α-hetero) is 2. The predicted molar refractivity (Wildman–Crippen MR) is 109 cm³/mol. The molecule has 1 fully saturated rings. The molecule has 27 heavy (non-hydrogen) atoms. The average Bonchev–Trinajstić information content (AvgIpc) is 2.55. The summed E-state index contributed by atoms with van der Waals surface area (Å²) in [6.45, 7) is 8.76. The Hall–Kier alpha value is -1.68. The zero-order valence-corrected chi connectivity index (χ0v) is 17.5. The molecule has 0 spiro atoms. The molecule has 1 saturated heterocycles.